The van der Waals surface area contributed by atoms with Crippen LogP contribution >= 0.6 is 15.9 Å². The summed E-state index contributed by atoms with van der Waals surface area (Å²) in [7, 11) is 1.30. The van der Waals surface area contributed by atoms with Gasteiger partial charge in [-0.3, -0.25) is 4.79 Å². The first-order chi connectivity index (χ1) is 7.88. The number of methoxy groups -OCH3 is 1. The van der Waals surface area contributed by atoms with Crippen molar-refractivity contribution >= 4 is 21.9 Å². The molecule has 7 heteroatoms. The first-order valence-electron chi connectivity index (χ1n) is 4.60. The van der Waals surface area contributed by atoms with Crippen molar-refractivity contribution in [3.63, 3.8) is 0 Å². The molecule has 0 saturated carbocycles. The van der Waals surface area contributed by atoms with Gasteiger partial charge in [-0.25, -0.2) is 4.39 Å². The van der Waals surface area contributed by atoms with Crippen LogP contribution in [0.1, 0.15) is 18.0 Å². The normalized spacial score (nSPS) is 12.2. The van der Waals surface area contributed by atoms with Crippen molar-refractivity contribution in [1.29, 1.82) is 0 Å². The van der Waals surface area contributed by atoms with Crippen LogP contribution in [0.2, 0.25) is 0 Å². The van der Waals surface area contributed by atoms with Gasteiger partial charge in [0.2, 0.25) is 0 Å². The van der Waals surface area contributed by atoms with Crippen LogP contribution in [0.4, 0.5) is 4.39 Å². The molecule has 0 aromatic heterocycles. The molecular formula is C10H11BrFNO4. The summed E-state index contributed by atoms with van der Waals surface area (Å²) >= 11 is 3.01. The molecule has 0 aliphatic heterocycles. The van der Waals surface area contributed by atoms with Crippen LogP contribution in [0.3, 0.4) is 0 Å². The van der Waals surface area contributed by atoms with Gasteiger partial charge in [-0.2, -0.15) is 0 Å². The fraction of sp³-hybridized carbons (Fsp3) is 0.300. The summed E-state index contributed by atoms with van der Waals surface area (Å²) in [6.45, 7) is 0. The number of halogens is 2. The Balaban J connectivity index is 3.28. The van der Waals surface area contributed by atoms with E-state index in [4.69, 9.17) is 15.6 Å². The second-order valence-corrected chi connectivity index (χ2v) is 4.19. The standard InChI is InChI=1S/C10H11BrFNO4/c1-17-10-4(11)2-5(12)8(9(10)16)6(13)3-7(14)15/h2,6,16H,3,13H2,1H3,(H,14,15). The van der Waals surface area contributed by atoms with Gasteiger partial charge in [-0.15, -0.1) is 0 Å². The number of benzene rings is 1. The van der Waals surface area contributed by atoms with Crippen molar-refractivity contribution in [1.82, 2.24) is 0 Å². The Morgan fingerprint density at radius 3 is 2.76 bits per heavy atom. The Labute approximate surface area is 105 Å². The molecule has 0 heterocycles. The maximum Gasteiger partial charge on any atom is 0.305 e. The number of aliphatic carboxylic acids is 1. The molecule has 1 rings (SSSR count). The molecule has 1 unspecified atom stereocenters. The third-order valence-corrected chi connectivity index (χ3v) is 2.76. The topological polar surface area (TPSA) is 92.8 Å². The summed E-state index contributed by atoms with van der Waals surface area (Å²) in [5.41, 5.74) is 5.25. The number of phenolic OH excluding ortho intramolecular Hbond substituents is 1. The largest absolute Gasteiger partial charge is 0.504 e. The second-order valence-electron chi connectivity index (χ2n) is 3.34. The molecule has 94 valence electrons. The molecule has 0 amide bonds. The van der Waals surface area contributed by atoms with Gasteiger partial charge in [0.05, 0.1) is 23.6 Å². The maximum atomic E-state index is 13.6. The molecule has 5 nitrogen and oxygen atoms in total. The van der Waals surface area contributed by atoms with Gasteiger partial charge in [0, 0.05) is 6.04 Å². The molecule has 0 spiro atoms. The zero-order valence-electron chi connectivity index (χ0n) is 8.91. The van der Waals surface area contributed by atoms with E-state index in [2.05, 4.69) is 15.9 Å². The number of ether oxygens (including phenoxy) is 1. The average Bonchev–Trinajstić information content (AvgIpc) is 2.15. The summed E-state index contributed by atoms with van der Waals surface area (Å²) in [6.07, 6.45) is -0.491. The second kappa shape index (κ2) is 5.33. The van der Waals surface area contributed by atoms with Crippen LogP contribution in [0.5, 0.6) is 11.5 Å². The fourth-order valence-electron chi connectivity index (χ4n) is 1.44. The van der Waals surface area contributed by atoms with Crippen molar-refractivity contribution in [3.05, 3.63) is 21.9 Å². The zero-order valence-corrected chi connectivity index (χ0v) is 10.5. The minimum atomic E-state index is -1.18. The zero-order chi connectivity index (χ0) is 13.2. The van der Waals surface area contributed by atoms with Crippen molar-refractivity contribution in [2.45, 2.75) is 12.5 Å². The molecule has 0 radical (unpaired) electrons. The number of nitrogens with two attached hydrogens (primary N) is 1. The predicted molar refractivity (Wildman–Crippen MR) is 61.5 cm³/mol. The number of rotatable bonds is 4. The van der Waals surface area contributed by atoms with Crippen LogP contribution in [-0.2, 0) is 4.79 Å². The van der Waals surface area contributed by atoms with E-state index in [0.29, 0.717) is 0 Å². The van der Waals surface area contributed by atoms with Crippen LogP contribution < -0.4 is 10.5 Å². The van der Waals surface area contributed by atoms with Gasteiger partial charge >= 0.3 is 5.97 Å². The summed E-state index contributed by atoms with van der Waals surface area (Å²) < 4.78 is 18.7. The Hall–Kier alpha value is -1.34. The minimum Gasteiger partial charge on any atom is -0.504 e. The highest BCUT2D eigenvalue weighted by atomic mass is 79.9. The number of aromatic hydroxyl groups is 1. The van der Waals surface area contributed by atoms with E-state index in [9.17, 15) is 14.3 Å². The molecule has 1 aromatic carbocycles. The Kier molecular flexibility index (Phi) is 4.30. The van der Waals surface area contributed by atoms with E-state index in [1.54, 1.807) is 0 Å². The lowest BCUT2D eigenvalue weighted by Crippen LogP contribution is -2.17. The monoisotopic (exact) mass is 307 g/mol. The van der Waals surface area contributed by atoms with Crippen molar-refractivity contribution in [2.75, 3.05) is 7.11 Å². The summed E-state index contributed by atoms with van der Waals surface area (Å²) in [4.78, 5) is 10.5. The quantitative estimate of drug-likeness (QED) is 0.788. The van der Waals surface area contributed by atoms with E-state index < -0.39 is 30.0 Å². The SMILES string of the molecule is COc1c(Br)cc(F)c(C(N)CC(=O)O)c1O. The lowest BCUT2D eigenvalue weighted by Gasteiger charge is -2.16. The number of carboxylic acids is 1. The third kappa shape index (κ3) is 2.86. The van der Waals surface area contributed by atoms with E-state index in [0.717, 1.165) is 6.07 Å². The van der Waals surface area contributed by atoms with Crippen molar-refractivity contribution < 1.29 is 24.1 Å². The molecule has 0 aliphatic carbocycles. The first-order valence-corrected chi connectivity index (χ1v) is 5.40. The molecule has 0 bridgehead atoms. The van der Waals surface area contributed by atoms with Gasteiger partial charge in [-0.05, 0) is 22.0 Å². The smallest absolute Gasteiger partial charge is 0.305 e. The fourth-order valence-corrected chi connectivity index (χ4v) is 1.99. The summed E-state index contributed by atoms with van der Waals surface area (Å²) in [5.74, 6) is -2.45. The molecule has 4 N–H and O–H groups in total. The lowest BCUT2D eigenvalue weighted by atomic mass is 10.0. The summed E-state index contributed by atoms with van der Waals surface area (Å²) in [5, 5.41) is 18.3. The Bertz CT molecular complexity index is 452. The van der Waals surface area contributed by atoms with Gasteiger partial charge in [0.25, 0.3) is 0 Å². The van der Waals surface area contributed by atoms with Gasteiger partial charge in [0.15, 0.2) is 11.5 Å². The number of hydrogen-bond donors (Lipinski definition) is 3. The third-order valence-electron chi connectivity index (χ3n) is 2.17. The van der Waals surface area contributed by atoms with Crippen molar-refractivity contribution in [3.8, 4) is 11.5 Å². The van der Waals surface area contributed by atoms with Gasteiger partial charge < -0.3 is 20.7 Å². The van der Waals surface area contributed by atoms with Crippen LogP contribution in [0.25, 0.3) is 0 Å². The molecular weight excluding hydrogens is 297 g/mol. The van der Waals surface area contributed by atoms with Crippen LogP contribution in [0.15, 0.2) is 10.5 Å². The number of carboxylic acid groups (broad SMARTS) is 1. The minimum absolute atomic E-state index is 0.0160. The summed E-state index contributed by atoms with van der Waals surface area (Å²) in [6, 6.07) is -0.0789. The van der Waals surface area contributed by atoms with Crippen LogP contribution in [-0.4, -0.2) is 23.3 Å². The molecule has 1 atom stereocenters. The van der Waals surface area contributed by atoms with Crippen LogP contribution in [0, 0.1) is 5.82 Å². The molecule has 17 heavy (non-hydrogen) atoms. The number of phenols is 1. The van der Waals surface area contributed by atoms with Crippen molar-refractivity contribution in [2.24, 2.45) is 5.73 Å². The molecule has 1 aromatic rings. The van der Waals surface area contributed by atoms with Gasteiger partial charge in [-0.1, -0.05) is 0 Å². The Morgan fingerprint density at radius 2 is 2.29 bits per heavy atom. The van der Waals surface area contributed by atoms with E-state index in [-0.39, 0.29) is 15.8 Å². The highest BCUT2D eigenvalue weighted by molar-refractivity contribution is 9.10. The highest BCUT2D eigenvalue weighted by Crippen LogP contribution is 2.41. The molecule has 0 fully saturated rings. The van der Waals surface area contributed by atoms with E-state index in [1.807, 2.05) is 0 Å². The predicted octanol–water partition coefficient (Wildman–Crippen LogP) is 1.78. The van der Waals surface area contributed by atoms with E-state index in [1.165, 1.54) is 7.11 Å². The molecule has 0 aliphatic rings. The highest BCUT2D eigenvalue weighted by Gasteiger charge is 2.23. The van der Waals surface area contributed by atoms with Gasteiger partial charge in [0.1, 0.15) is 5.82 Å². The van der Waals surface area contributed by atoms with E-state index >= 15 is 0 Å². The average molecular weight is 308 g/mol. The molecule has 0 saturated heterocycles. The Morgan fingerprint density at radius 1 is 1.71 bits per heavy atom. The number of carbonyl (C=O) groups is 1. The lowest BCUT2D eigenvalue weighted by molar-refractivity contribution is -0.137. The number of hydrogen-bond acceptors (Lipinski definition) is 4. The first kappa shape index (κ1) is 13.7. The maximum absolute atomic E-state index is 13.6.